The van der Waals surface area contributed by atoms with E-state index in [1.165, 1.54) is 17.1 Å². The number of rotatable bonds is 2. The molecule has 3 heterocycles. The number of ether oxygens (including phenoxy) is 2. The molecule has 1 unspecified atom stereocenters. The third-order valence-corrected chi connectivity index (χ3v) is 6.97. The number of aliphatic hydroxyl groups is 1. The zero-order valence-electron chi connectivity index (χ0n) is 24.1. The molecule has 3 rings (SSSR count). The van der Waals surface area contributed by atoms with Gasteiger partial charge in [0.2, 0.25) is 5.91 Å². The molecule has 2 bridgehead atoms. The van der Waals surface area contributed by atoms with Crippen molar-refractivity contribution < 1.29 is 46.6 Å². The number of hydrogen-bond donors (Lipinski definition) is 2. The third kappa shape index (κ3) is 9.83. The van der Waals surface area contributed by atoms with E-state index in [0.717, 1.165) is 6.26 Å². The highest BCUT2D eigenvalue weighted by Gasteiger charge is 2.39. The van der Waals surface area contributed by atoms with E-state index in [1.807, 2.05) is 20.8 Å². The number of fused-ring (bicyclic) bond motifs is 3. The molecule has 13 heteroatoms. The van der Waals surface area contributed by atoms with Crippen LogP contribution in [0.15, 0.2) is 46.6 Å². The van der Waals surface area contributed by atoms with E-state index in [-0.39, 0.29) is 42.4 Å². The standard InChI is InChI=1S/C29H38F3N3O7/c1-17(2)26-19(4)9-10-24(37)33-11-5-7-18(3)13-20(36)14-21(42-29(30,31)32)15-25-34-22(16-40-25)27(38)35-12-6-8-23(35)28(39)41-26/h5,7,9-10,13,16-17,19-21,23,26,36H,6,8,11-12,14-15H2,1-4H3,(H,33,37)/b7-5?,10-9+,18-13?/t19-,20-,21-,23-,26?/m1/s1. The zero-order valence-corrected chi connectivity index (χ0v) is 24.1. The Morgan fingerprint density at radius 2 is 1.95 bits per heavy atom. The van der Waals surface area contributed by atoms with E-state index in [1.54, 1.807) is 25.2 Å². The lowest BCUT2D eigenvalue weighted by molar-refractivity contribution is -0.344. The number of aliphatic hydroxyl groups excluding tert-OH is 1. The number of aromatic nitrogens is 1. The number of carbonyl (C=O) groups is 3. The summed E-state index contributed by atoms with van der Waals surface area (Å²) < 4.78 is 54.7. The molecule has 0 radical (unpaired) electrons. The van der Waals surface area contributed by atoms with Crippen molar-refractivity contribution in [3.63, 3.8) is 0 Å². The van der Waals surface area contributed by atoms with E-state index in [2.05, 4.69) is 15.0 Å². The van der Waals surface area contributed by atoms with E-state index in [4.69, 9.17) is 9.15 Å². The second kappa shape index (κ2) is 14.6. The molecule has 0 spiro atoms. The number of nitrogens with zero attached hydrogens (tertiary/aromatic N) is 2. The van der Waals surface area contributed by atoms with Gasteiger partial charge in [-0.2, -0.15) is 0 Å². The Balaban J connectivity index is 1.91. The van der Waals surface area contributed by atoms with Crippen molar-refractivity contribution >= 4 is 17.8 Å². The highest BCUT2D eigenvalue weighted by molar-refractivity contribution is 5.95. The molecule has 5 atom stereocenters. The first-order chi connectivity index (χ1) is 19.7. The molecule has 0 aromatic carbocycles. The van der Waals surface area contributed by atoms with E-state index in [0.29, 0.717) is 18.4 Å². The summed E-state index contributed by atoms with van der Waals surface area (Å²) >= 11 is 0. The van der Waals surface area contributed by atoms with Crippen LogP contribution in [0, 0.1) is 11.8 Å². The molecular formula is C29H38F3N3O7. The molecule has 42 heavy (non-hydrogen) atoms. The van der Waals surface area contributed by atoms with Gasteiger partial charge in [0.05, 0.1) is 18.6 Å². The number of halogens is 3. The molecule has 1 fully saturated rings. The summed E-state index contributed by atoms with van der Waals surface area (Å²) in [6, 6.07) is -0.877. The summed E-state index contributed by atoms with van der Waals surface area (Å²) in [6.45, 7) is 7.67. The maximum Gasteiger partial charge on any atom is 0.522 e. The van der Waals surface area contributed by atoms with Gasteiger partial charge in [0.1, 0.15) is 18.4 Å². The normalized spacial score (nSPS) is 28.2. The summed E-state index contributed by atoms with van der Waals surface area (Å²) in [5.41, 5.74) is 0.383. The molecule has 2 aliphatic heterocycles. The SMILES string of the molecule is CC1=C[C@@H](O)C[C@@H](OC(F)(F)F)Cc2nc(co2)C(=O)N2CCC[C@@H]2C(=O)OC(C(C)C)[C@H](C)/C=C/C(=O)NCC=C1. The summed E-state index contributed by atoms with van der Waals surface area (Å²) in [4.78, 5) is 44.2. The van der Waals surface area contributed by atoms with Crippen molar-refractivity contribution in [2.45, 2.75) is 84.1 Å². The predicted octanol–water partition coefficient (Wildman–Crippen LogP) is 3.87. The zero-order chi connectivity index (χ0) is 31.0. The van der Waals surface area contributed by atoms with Crippen molar-refractivity contribution in [1.82, 2.24) is 15.2 Å². The fourth-order valence-corrected chi connectivity index (χ4v) is 5.03. The van der Waals surface area contributed by atoms with Gasteiger partial charge in [0.25, 0.3) is 5.91 Å². The molecule has 2 amide bonds. The van der Waals surface area contributed by atoms with Crippen molar-refractivity contribution in [2.24, 2.45) is 11.8 Å². The number of amides is 2. The molecule has 2 N–H and O–H groups in total. The lowest BCUT2D eigenvalue weighted by atomic mass is 9.94. The summed E-state index contributed by atoms with van der Waals surface area (Å²) in [6.07, 6.45) is 0.231. The number of esters is 1. The number of nitrogens with one attached hydrogen (secondary N) is 1. The van der Waals surface area contributed by atoms with Crippen molar-refractivity contribution in [3.8, 4) is 0 Å². The quantitative estimate of drug-likeness (QED) is 0.492. The average Bonchev–Trinajstić information content (AvgIpc) is 3.56. The first-order valence-electron chi connectivity index (χ1n) is 13.9. The molecule has 1 aromatic heterocycles. The minimum atomic E-state index is -4.99. The van der Waals surface area contributed by atoms with Crippen LogP contribution in [0.2, 0.25) is 0 Å². The lowest BCUT2D eigenvalue weighted by Gasteiger charge is -2.29. The van der Waals surface area contributed by atoms with Gasteiger partial charge in [0, 0.05) is 25.4 Å². The van der Waals surface area contributed by atoms with Crippen molar-refractivity contribution in [2.75, 3.05) is 13.1 Å². The van der Waals surface area contributed by atoms with Gasteiger partial charge < -0.3 is 24.5 Å². The first-order valence-corrected chi connectivity index (χ1v) is 13.9. The van der Waals surface area contributed by atoms with Gasteiger partial charge in [-0.3, -0.25) is 14.3 Å². The summed E-state index contributed by atoms with van der Waals surface area (Å²) in [5.74, 6) is -2.16. The third-order valence-electron chi connectivity index (χ3n) is 6.97. The lowest BCUT2D eigenvalue weighted by Crippen LogP contribution is -2.44. The average molecular weight is 598 g/mol. The van der Waals surface area contributed by atoms with Crippen molar-refractivity contribution in [1.29, 1.82) is 0 Å². The Labute approximate surface area is 242 Å². The second-order valence-electron chi connectivity index (χ2n) is 10.9. The van der Waals surface area contributed by atoms with E-state index >= 15 is 0 Å². The number of oxazole rings is 1. The first kappa shape index (κ1) is 33.1. The fourth-order valence-electron chi connectivity index (χ4n) is 5.03. The Morgan fingerprint density at radius 3 is 2.64 bits per heavy atom. The molecule has 0 aliphatic carbocycles. The molecule has 1 aromatic rings. The number of carbonyl (C=O) groups excluding carboxylic acids is 3. The molecule has 1 saturated heterocycles. The minimum Gasteiger partial charge on any atom is -0.460 e. The molecule has 0 saturated carbocycles. The largest absolute Gasteiger partial charge is 0.522 e. The molecule has 2 aliphatic rings. The maximum absolute atomic E-state index is 13.3. The van der Waals surface area contributed by atoms with Crippen LogP contribution in [0.1, 0.15) is 63.3 Å². The number of hydrogen-bond acceptors (Lipinski definition) is 8. The van der Waals surface area contributed by atoms with Gasteiger partial charge in [0.15, 0.2) is 11.6 Å². The van der Waals surface area contributed by atoms with Gasteiger partial charge in [-0.1, -0.05) is 50.6 Å². The van der Waals surface area contributed by atoms with E-state index in [9.17, 15) is 32.7 Å². The van der Waals surface area contributed by atoms with Gasteiger partial charge in [-0.05, 0) is 31.8 Å². The van der Waals surface area contributed by atoms with Crippen molar-refractivity contribution in [3.05, 3.63) is 53.8 Å². The number of allylic oxidation sites excluding steroid dienone is 2. The summed E-state index contributed by atoms with van der Waals surface area (Å²) in [7, 11) is 0. The van der Waals surface area contributed by atoms with Crippen LogP contribution in [0.3, 0.4) is 0 Å². The molecular weight excluding hydrogens is 559 g/mol. The number of cyclic esters (lactones) is 1. The maximum atomic E-state index is 13.3. The highest BCUT2D eigenvalue weighted by atomic mass is 19.4. The molecule has 10 nitrogen and oxygen atoms in total. The minimum absolute atomic E-state index is 0.0882. The summed E-state index contributed by atoms with van der Waals surface area (Å²) in [5, 5.41) is 13.1. The van der Waals surface area contributed by atoms with Gasteiger partial charge >= 0.3 is 12.3 Å². The van der Waals surface area contributed by atoms with Gasteiger partial charge in [-0.25, -0.2) is 9.78 Å². The van der Waals surface area contributed by atoms with Crippen LogP contribution >= 0.6 is 0 Å². The van der Waals surface area contributed by atoms with Crippen LogP contribution < -0.4 is 5.32 Å². The number of alkyl halides is 3. The van der Waals surface area contributed by atoms with Crippen LogP contribution in [0.5, 0.6) is 0 Å². The fraction of sp³-hybridized carbons (Fsp3) is 0.586. The van der Waals surface area contributed by atoms with Crippen LogP contribution in [0.25, 0.3) is 0 Å². The Bertz CT molecular complexity index is 1190. The van der Waals surface area contributed by atoms with Crippen LogP contribution in [-0.2, 0) is 25.5 Å². The Morgan fingerprint density at radius 1 is 1.21 bits per heavy atom. The smallest absolute Gasteiger partial charge is 0.460 e. The topological polar surface area (TPSA) is 131 Å². The predicted molar refractivity (Wildman–Crippen MR) is 145 cm³/mol. The van der Waals surface area contributed by atoms with Crippen LogP contribution in [0.4, 0.5) is 13.2 Å². The molecule has 232 valence electrons. The van der Waals surface area contributed by atoms with Crippen LogP contribution in [-0.4, -0.2) is 76.6 Å². The monoisotopic (exact) mass is 597 g/mol. The highest BCUT2D eigenvalue weighted by Crippen LogP contribution is 2.27. The van der Waals surface area contributed by atoms with Gasteiger partial charge in [-0.15, -0.1) is 13.2 Å². The van der Waals surface area contributed by atoms with E-state index < -0.39 is 55.4 Å². The Hall–Kier alpha value is -3.45. The second-order valence-corrected chi connectivity index (χ2v) is 10.9. The Kier molecular flexibility index (Phi) is 11.5.